The lowest BCUT2D eigenvalue weighted by Gasteiger charge is -2.33. The number of piperidine rings is 1. The summed E-state index contributed by atoms with van der Waals surface area (Å²) in [5.74, 6) is 1.48. The van der Waals surface area contributed by atoms with Crippen molar-refractivity contribution in [1.29, 1.82) is 0 Å². The first-order valence-electron chi connectivity index (χ1n) is 11.2. The summed E-state index contributed by atoms with van der Waals surface area (Å²) in [4.78, 5) is 17.1. The van der Waals surface area contributed by atoms with Crippen LogP contribution in [0.5, 0.6) is 5.88 Å². The minimum atomic E-state index is -0.0703. The molecule has 6 nitrogen and oxygen atoms in total. The van der Waals surface area contributed by atoms with Gasteiger partial charge in [-0.05, 0) is 30.0 Å². The molecule has 1 aliphatic heterocycles. The van der Waals surface area contributed by atoms with Crippen molar-refractivity contribution in [2.45, 2.75) is 31.3 Å². The highest BCUT2D eigenvalue weighted by Gasteiger charge is 2.28. The monoisotopic (exact) mass is 430 g/mol. The number of carbonyl (C=O) groups is 1. The summed E-state index contributed by atoms with van der Waals surface area (Å²) >= 11 is 0. The second-order valence-corrected chi connectivity index (χ2v) is 8.42. The summed E-state index contributed by atoms with van der Waals surface area (Å²) in [7, 11) is 3.85. The van der Waals surface area contributed by atoms with Crippen LogP contribution in [-0.4, -0.2) is 54.3 Å². The molecule has 1 aromatic heterocycles. The maximum Gasteiger partial charge on any atom is 0.233 e. The Hall–Kier alpha value is -3.41. The van der Waals surface area contributed by atoms with Crippen LogP contribution < -0.4 is 9.64 Å². The Morgan fingerprint density at radius 3 is 2.22 bits per heavy atom. The van der Waals surface area contributed by atoms with Gasteiger partial charge in [0, 0.05) is 39.0 Å². The van der Waals surface area contributed by atoms with Crippen molar-refractivity contribution in [3.05, 3.63) is 83.9 Å². The Kier molecular flexibility index (Phi) is 7.00. The molecule has 0 bridgehead atoms. The smallest absolute Gasteiger partial charge is 0.233 e. The van der Waals surface area contributed by atoms with E-state index in [9.17, 15) is 4.79 Å². The molecule has 32 heavy (non-hydrogen) atoms. The summed E-state index contributed by atoms with van der Waals surface area (Å²) in [5, 5.41) is 8.35. The fraction of sp³-hybridized carbons (Fsp3) is 0.346. The molecule has 1 atom stereocenters. The second-order valence-electron chi connectivity index (χ2n) is 8.42. The Bertz CT molecular complexity index is 954. The standard InChI is InChI=1S/C26H30N4O2/c1-29(2)24-15-16-25(28-27-24)32-22-14-9-17-30(19-22)26(31)18-23(20-10-5-3-6-11-20)21-12-7-4-8-13-21/h3-8,10-13,15-16,22-23H,9,14,17-19H2,1-2H3. The highest BCUT2D eigenvalue weighted by Crippen LogP contribution is 2.29. The normalized spacial score (nSPS) is 16.1. The predicted molar refractivity (Wildman–Crippen MR) is 126 cm³/mol. The molecule has 1 unspecified atom stereocenters. The van der Waals surface area contributed by atoms with Crippen LogP contribution in [0.4, 0.5) is 5.82 Å². The van der Waals surface area contributed by atoms with E-state index in [1.807, 2.05) is 72.4 Å². The number of ether oxygens (including phenoxy) is 1. The summed E-state index contributed by atoms with van der Waals surface area (Å²) in [6, 6.07) is 24.3. The Morgan fingerprint density at radius 2 is 1.66 bits per heavy atom. The largest absolute Gasteiger partial charge is 0.471 e. The van der Waals surface area contributed by atoms with Crippen LogP contribution in [0.1, 0.15) is 36.3 Å². The molecule has 166 valence electrons. The molecule has 3 aromatic rings. The zero-order valence-electron chi connectivity index (χ0n) is 18.7. The topological polar surface area (TPSA) is 58.6 Å². The molecule has 0 saturated carbocycles. The lowest BCUT2D eigenvalue weighted by atomic mass is 9.88. The van der Waals surface area contributed by atoms with E-state index >= 15 is 0 Å². The zero-order valence-corrected chi connectivity index (χ0v) is 18.7. The van der Waals surface area contributed by atoms with Crippen LogP contribution in [0, 0.1) is 0 Å². The van der Waals surface area contributed by atoms with E-state index in [0.29, 0.717) is 18.8 Å². The van der Waals surface area contributed by atoms with Gasteiger partial charge in [-0.3, -0.25) is 4.79 Å². The van der Waals surface area contributed by atoms with Gasteiger partial charge in [0.15, 0.2) is 5.82 Å². The van der Waals surface area contributed by atoms with Crippen molar-refractivity contribution in [3.8, 4) is 5.88 Å². The van der Waals surface area contributed by atoms with Gasteiger partial charge in [0.05, 0.1) is 6.54 Å². The van der Waals surface area contributed by atoms with Crippen molar-refractivity contribution in [1.82, 2.24) is 15.1 Å². The summed E-state index contributed by atoms with van der Waals surface area (Å²) in [6.45, 7) is 1.34. The van der Waals surface area contributed by atoms with E-state index < -0.39 is 0 Å². The van der Waals surface area contributed by atoms with Gasteiger partial charge in [0.25, 0.3) is 0 Å². The number of aromatic nitrogens is 2. The van der Waals surface area contributed by atoms with Crippen molar-refractivity contribution >= 4 is 11.7 Å². The number of nitrogens with zero attached hydrogens (tertiary/aromatic N) is 4. The average molecular weight is 431 g/mol. The molecule has 2 heterocycles. The molecule has 1 aliphatic rings. The number of likely N-dealkylation sites (tertiary alicyclic amines) is 1. The third-order valence-electron chi connectivity index (χ3n) is 5.89. The molecular formula is C26H30N4O2. The van der Waals surface area contributed by atoms with Gasteiger partial charge in [0.1, 0.15) is 6.10 Å². The van der Waals surface area contributed by atoms with Crippen LogP contribution in [0.15, 0.2) is 72.8 Å². The number of amides is 1. The molecule has 1 amide bonds. The maximum atomic E-state index is 13.3. The predicted octanol–water partition coefficient (Wildman–Crippen LogP) is 4.13. The second kappa shape index (κ2) is 10.3. The first kappa shape index (κ1) is 21.8. The highest BCUT2D eigenvalue weighted by atomic mass is 16.5. The van der Waals surface area contributed by atoms with E-state index in [1.54, 1.807) is 0 Å². The summed E-state index contributed by atoms with van der Waals surface area (Å²) < 4.78 is 6.06. The molecule has 1 saturated heterocycles. The molecular weight excluding hydrogens is 400 g/mol. The van der Waals surface area contributed by atoms with Crippen molar-refractivity contribution < 1.29 is 9.53 Å². The Labute approximate surface area is 189 Å². The van der Waals surface area contributed by atoms with Crippen LogP contribution in [0.2, 0.25) is 0 Å². The van der Waals surface area contributed by atoms with E-state index in [-0.39, 0.29) is 17.9 Å². The van der Waals surface area contributed by atoms with Gasteiger partial charge in [-0.25, -0.2) is 0 Å². The van der Waals surface area contributed by atoms with Crippen LogP contribution in [0.25, 0.3) is 0 Å². The van der Waals surface area contributed by atoms with Gasteiger partial charge < -0.3 is 14.5 Å². The van der Waals surface area contributed by atoms with Crippen molar-refractivity contribution in [2.24, 2.45) is 0 Å². The fourth-order valence-corrected chi connectivity index (χ4v) is 4.15. The van der Waals surface area contributed by atoms with Gasteiger partial charge in [-0.2, -0.15) is 0 Å². The number of benzene rings is 2. The van der Waals surface area contributed by atoms with Gasteiger partial charge in [0.2, 0.25) is 11.8 Å². The first-order valence-corrected chi connectivity index (χ1v) is 11.2. The summed E-state index contributed by atoms with van der Waals surface area (Å²) in [5.41, 5.74) is 2.32. The molecule has 6 heteroatoms. The van der Waals surface area contributed by atoms with Crippen LogP contribution >= 0.6 is 0 Å². The number of anilines is 1. The minimum Gasteiger partial charge on any atom is -0.471 e. The first-order chi connectivity index (χ1) is 15.6. The van der Waals surface area contributed by atoms with E-state index in [0.717, 1.165) is 36.3 Å². The van der Waals surface area contributed by atoms with E-state index in [2.05, 4.69) is 34.5 Å². The molecule has 1 fully saturated rings. The maximum absolute atomic E-state index is 13.3. The SMILES string of the molecule is CN(C)c1ccc(OC2CCCN(C(=O)CC(c3ccccc3)c3ccccc3)C2)nn1. The molecule has 4 rings (SSSR count). The Balaban J connectivity index is 1.42. The highest BCUT2D eigenvalue weighted by molar-refractivity contribution is 5.78. The van der Waals surface area contributed by atoms with Crippen molar-refractivity contribution in [2.75, 3.05) is 32.1 Å². The lowest BCUT2D eigenvalue weighted by Crippen LogP contribution is -2.44. The molecule has 0 radical (unpaired) electrons. The van der Waals surface area contributed by atoms with E-state index in [4.69, 9.17) is 4.74 Å². The number of rotatable bonds is 7. The third kappa shape index (κ3) is 5.44. The van der Waals surface area contributed by atoms with Gasteiger partial charge in [-0.15, -0.1) is 10.2 Å². The number of carbonyl (C=O) groups excluding carboxylic acids is 1. The number of hydrogen-bond donors (Lipinski definition) is 0. The third-order valence-corrected chi connectivity index (χ3v) is 5.89. The summed E-state index contributed by atoms with van der Waals surface area (Å²) in [6.07, 6.45) is 2.19. The van der Waals surface area contributed by atoms with Crippen LogP contribution in [0.3, 0.4) is 0 Å². The molecule has 2 aromatic carbocycles. The van der Waals surface area contributed by atoms with Gasteiger partial charge >= 0.3 is 0 Å². The lowest BCUT2D eigenvalue weighted by molar-refractivity contribution is -0.134. The number of hydrogen-bond acceptors (Lipinski definition) is 5. The van der Waals surface area contributed by atoms with Gasteiger partial charge in [-0.1, -0.05) is 60.7 Å². The quantitative estimate of drug-likeness (QED) is 0.564. The van der Waals surface area contributed by atoms with Crippen molar-refractivity contribution in [3.63, 3.8) is 0 Å². The molecule has 0 aliphatic carbocycles. The fourth-order valence-electron chi connectivity index (χ4n) is 4.15. The zero-order chi connectivity index (χ0) is 22.3. The average Bonchev–Trinajstić information content (AvgIpc) is 2.84. The molecule has 0 N–H and O–H groups in total. The minimum absolute atomic E-state index is 0.0376. The van der Waals surface area contributed by atoms with Crippen LogP contribution in [-0.2, 0) is 4.79 Å². The Morgan fingerprint density at radius 1 is 1.00 bits per heavy atom. The van der Waals surface area contributed by atoms with E-state index in [1.165, 1.54) is 0 Å². The molecule has 0 spiro atoms.